The Morgan fingerprint density at radius 1 is 1.42 bits per heavy atom. The third kappa shape index (κ3) is 3.93. The number of oxime groups is 1. The standard InChI is InChI=1S/C12H19N3O3S/c1-9(2)15(4)19(17,18)14-12-7-5-6-11(8-12)10(3)13-16/h5-9,14,16H,1-4H3/b13-10+. The molecule has 1 aromatic rings. The predicted octanol–water partition coefficient (Wildman–Crippen LogP) is 1.88. The van der Waals surface area contributed by atoms with E-state index < -0.39 is 10.2 Å². The molecular weight excluding hydrogens is 266 g/mol. The van der Waals surface area contributed by atoms with E-state index in [1.54, 1.807) is 45.0 Å². The average molecular weight is 285 g/mol. The number of benzene rings is 1. The second-order valence-electron chi connectivity index (χ2n) is 4.48. The summed E-state index contributed by atoms with van der Waals surface area (Å²) in [5, 5.41) is 11.8. The van der Waals surface area contributed by atoms with Crippen molar-refractivity contribution in [2.24, 2.45) is 5.16 Å². The molecule has 7 heteroatoms. The van der Waals surface area contributed by atoms with E-state index in [4.69, 9.17) is 5.21 Å². The first-order valence-electron chi connectivity index (χ1n) is 5.83. The van der Waals surface area contributed by atoms with Gasteiger partial charge in [0.05, 0.1) is 11.4 Å². The van der Waals surface area contributed by atoms with Gasteiger partial charge in [-0.15, -0.1) is 0 Å². The molecule has 106 valence electrons. The summed E-state index contributed by atoms with van der Waals surface area (Å²) in [5.74, 6) is 0. The Morgan fingerprint density at radius 2 is 2.05 bits per heavy atom. The fourth-order valence-corrected chi connectivity index (χ4v) is 2.49. The van der Waals surface area contributed by atoms with Crippen molar-refractivity contribution in [2.75, 3.05) is 11.8 Å². The Labute approximate surface area is 113 Å². The number of hydrogen-bond donors (Lipinski definition) is 2. The van der Waals surface area contributed by atoms with Gasteiger partial charge >= 0.3 is 10.2 Å². The highest BCUT2D eigenvalue weighted by molar-refractivity contribution is 7.90. The quantitative estimate of drug-likeness (QED) is 0.492. The van der Waals surface area contributed by atoms with Crippen molar-refractivity contribution >= 4 is 21.6 Å². The van der Waals surface area contributed by atoms with Crippen LogP contribution in [0, 0.1) is 0 Å². The van der Waals surface area contributed by atoms with Gasteiger partial charge in [0.15, 0.2) is 0 Å². The van der Waals surface area contributed by atoms with Crippen molar-refractivity contribution in [1.29, 1.82) is 0 Å². The molecule has 2 N–H and O–H groups in total. The first-order valence-corrected chi connectivity index (χ1v) is 7.27. The first-order chi connectivity index (χ1) is 8.77. The Balaban J connectivity index is 3.01. The van der Waals surface area contributed by atoms with Gasteiger partial charge in [0.2, 0.25) is 0 Å². The van der Waals surface area contributed by atoms with Crippen LogP contribution in [-0.2, 0) is 10.2 Å². The third-order valence-corrected chi connectivity index (χ3v) is 4.46. The van der Waals surface area contributed by atoms with Gasteiger partial charge in [-0.3, -0.25) is 4.72 Å². The van der Waals surface area contributed by atoms with Crippen LogP contribution in [0.5, 0.6) is 0 Å². The van der Waals surface area contributed by atoms with E-state index in [1.807, 2.05) is 0 Å². The lowest BCUT2D eigenvalue weighted by Crippen LogP contribution is -2.37. The molecule has 0 aliphatic heterocycles. The zero-order valence-electron chi connectivity index (χ0n) is 11.5. The van der Waals surface area contributed by atoms with E-state index in [-0.39, 0.29) is 6.04 Å². The van der Waals surface area contributed by atoms with E-state index in [9.17, 15) is 8.42 Å². The van der Waals surface area contributed by atoms with Crippen LogP contribution in [0.1, 0.15) is 26.3 Å². The highest BCUT2D eigenvalue weighted by Gasteiger charge is 2.20. The lowest BCUT2D eigenvalue weighted by atomic mass is 10.1. The summed E-state index contributed by atoms with van der Waals surface area (Å²) in [6.45, 7) is 5.21. The molecule has 19 heavy (non-hydrogen) atoms. The minimum atomic E-state index is -3.58. The van der Waals surface area contributed by atoms with Gasteiger partial charge < -0.3 is 5.21 Å². The van der Waals surface area contributed by atoms with Gasteiger partial charge in [-0.1, -0.05) is 17.3 Å². The molecule has 1 aromatic carbocycles. The monoisotopic (exact) mass is 285 g/mol. The molecule has 0 aromatic heterocycles. The Morgan fingerprint density at radius 3 is 2.58 bits per heavy atom. The van der Waals surface area contributed by atoms with E-state index in [1.165, 1.54) is 11.4 Å². The summed E-state index contributed by atoms with van der Waals surface area (Å²) in [5.41, 5.74) is 1.49. The van der Waals surface area contributed by atoms with E-state index in [0.29, 0.717) is 17.0 Å². The van der Waals surface area contributed by atoms with Crippen molar-refractivity contribution in [3.63, 3.8) is 0 Å². The van der Waals surface area contributed by atoms with Crippen LogP contribution in [0.15, 0.2) is 29.4 Å². The lowest BCUT2D eigenvalue weighted by molar-refractivity contribution is 0.319. The molecule has 6 nitrogen and oxygen atoms in total. The van der Waals surface area contributed by atoms with Crippen molar-refractivity contribution in [3.8, 4) is 0 Å². The number of anilines is 1. The van der Waals surface area contributed by atoms with Crippen LogP contribution in [0.2, 0.25) is 0 Å². The second-order valence-corrected chi connectivity index (χ2v) is 6.21. The van der Waals surface area contributed by atoms with Crippen LogP contribution in [-0.4, -0.2) is 36.7 Å². The smallest absolute Gasteiger partial charge is 0.301 e. The van der Waals surface area contributed by atoms with Gasteiger partial charge in [-0.2, -0.15) is 12.7 Å². The van der Waals surface area contributed by atoms with Crippen molar-refractivity contribution < 1.29 is 13.6 Å². The average Bonchev–Trinajstić information content (AvgIpc) is 2.36. The third-order valence-electron chi connectivity index (χ3n) is 2.78. The summed E-state index contributed by atoms with van der Waals surface area (Å²) in [6.07, 6.45) is 0. The highest BCUT2D eigenvalue weighted by atomic mass is 32.2. The summed E-state index contributed by atoms with van der Waals surface area (Å²) >= 11 is 0. The van der Waals surface area contributed by atoms with Gasteiger partial charge in [-0.05, 0) is 32.9 Å². The summed E-state index contributed by atoms with van der Waals surface area (Å²) in [7, 11) is -2.07. The molecule has 0 atom stereocenters. The highest BCUT2D eigenvalue weighted by Crippen LogP contribution is 2.15. The molecule has 0 aliphatic rings. The van der Waals surface area contributed by atoms with Crippen LogP contribution >= 0.6 is 0 Å². The SMILES string of the molecule is C/C(=N\O)c1cccc(NS(=O)(=O)N(C)C(C)C)c1. The fourth-order valence-electron chi connectivity index (χ4n) is 1.36. The largest absolute Gasteiger partial charge is 0.411 e. The van der Waals surface area contributed by atoms with Crippen molar-refractivity contribution in [3.05, 3.63) is 29.8 Å². The molecule has 0 bridgehead atoms. The van der Waals surface area contributed by atoms with Crippen LogP contribution in [0.4, 0.5) is 5.69 Å². The summed E-state index contributed by atoms with van der Waals surface area (Å²) in [6, 6.07) is 6.54. The molecular formula is C12H19N3O3S. The molecule has 0 amide bonds. The Hall–Kier alpha value is -1.60. The number of hydrogen-bond acceptors (Lipinski definition) is 4. The minimum Gasteiger partial charge on any atom is -0.411 e. The molecule has 0 fully saturated rings. The molecule has 0 heterocycles. The van der Waals surface area contributed by atoms with Crippen molar-refractivity contribution in [2.45, 2.75) is 26.8 Å². The summed E-state index contributed by atoms with van der Waals surface area (Å²) in [4.78, 5) is 0. The molecule has 1 rings (SSSR count). The van der Waals surface area contributed by atoms with E-state index in [2.05, 4.69) is 9.88 Å². The van der Waals surface area contributed by atoms with Crippen LogP contribution in [0.3, 0.4) is 0 Å². The number of rotatable bonds is 5. The second kappa shape index (κ2) is 6.03. The summed E-state index contributed by atoms with van der Waals surface area (Å²) < 4.78 is 27.8. The molecule has 0 saturated carbocycles. The molecule has 0 aliphatic carbocycles. The van der Waals surface area contributed by atoms with Crippen LogP contribution < -0.4 is 4.72 Å². The minimum absolute atomic E-state index is 0.138. The Bertz CT molecular complexity index is 567. The number of nitrogens with zero attached hydrogens (tertiary/aromatic N) is 2. The molecule has 0 unspecified atom stereocenters. The fraction of sp³-hybridized carbons (Fsp3) is 0.417. The van der Waals surface area contributed by atoms with Gasteiger partial charge in [-0.25, -0.2) is 0 Å². The lowest BCUT2D eigenvalue weighted by Gasteiger charge is -2.21. The maximum atomic E-state index is 12.0. The van der Waals surface area contributed by atoms with Gasteiger partial charge in [0, 0.05) is 18.7 Å². The maximum Gasteiger partial charge on any atom is 0.301 e. The topological polar surface area (TPSA) is 82.0 Å². The zero-order valence-corrected chi connectivity index (χ0v) is 12.3. The first kappa shape index (κ1) is 15.5. The van der Waals surface area contributed by atoms with Gasteiger partial charge in [0.25, 0.3) is 0 Å². The molecule has 0 radical (unpaired) electrons. The van der Waals surface area contributed by atoms with E-state index in [0.717, 1.165) is 0 Å². The predicted molar refractivity (Wildman–Crippen MR) is 75.9 cm³/mol. The van der Waals surface area contributed by atoms with E-state index >= 15 is 0 Å². The Kier molecular flexibility index (Phi) is 4.90. The zero-order chi connectivity index (χ0) is 14.6. The number of nitrogens with one attached hydrogen (secondary N) is 1. The van der Waals surface area contributed by atoms with Crippen LogP contribution in [0.25, 0.3) is 0 Å². The molecule has 0 spiro atoms. The van der Waals surface area contributed by atoms with Crippen molar-refractivity contribution in [1.82, 2.24) is 4.31 Å². The normalized spacial score (nSPS) is 13.1. The maximum absolute atomic E-state index is 12.0. The molecule has 0 saturated heterocycles. The van der Waals surface area contributed by atoms with Gasteiger partial charge in [0.1, 0.15) is 0 Å².